The third-order valence-corrected chi connectivity index (χ3v) is 5.78. The highest BCUT2D eigenvalue weighted by atomic mass is 35.5. The lowest BCUT2D eigenvalue weighted by atomic mass is 10.2. The van der Waals surface area contributed by atoms with Crippen LogP contribution in [0.4, 0.5) is 29.5 Å². The highest BCUT2D eigenvalue weighted by molar-refractivity contribution is 8.00. The van der Waals surface area contributed by atoms with Crippen LogP contribution in [-0.2, 0) is 6.54 Å². The van der Waals surface area contributed by atoms with Crippen LogP contribution in [0, 0.1) is 0 Å². The predicted octanol–water partition coefficient (Wildman–Crippen LogP) is 5.70. The van der Waals surface area contributed by atoms with Gasteiger partial charge in [-0.2, -0.15) is 13.2 Å². The highest BCUT2D eigenvalue weighted by Crippen LogP contribution is 2.37. The number of rotatable bonds is 6. The Morgan fingerprint density at radius 2 is 1.75 bits per heavy atom. The smallest absolute Gasteiger partial charge is 0.446 e. The fourth-order valence-electron chi connectivity index (χ4n) is 3.28. The van der Waals surface area contributed by atoms with Gasteiger partial charge in [0.05, 0.1) is 18.4 Å². The van der Waals surface area contributed by atoms with E-state index in [2.05, 4.69) is 15.6 Å². The summed E-state index contributed by atoms with van der Waals surface area (Å²) in [7, 11) is 0. The van der Waals surface area contributed by atoms with Crippen molar-refractivity contribution in [2.24, 2.45) is 0 Å². The molecule has 13 heteroatoms. The van der Waals surface area contributed by atoms with E-state index in [1.165, 1.54) is 41.2 Å². The number of halogens is 4. The number of imidazole rings is 1. The molecule has 0 aliphatic rings. The lowest BCUT2D eigenvalue weighted by Gasteiger charge is -2.09. The minimum absolute atomic E-state index is 0.0391. The summed E-state index contributed by atoms with van der Waals surface area (Å²) in [4.78, 5) is 29.2. The number of thioether (sulfide) groups is 1. The molecule has 0 radical (unpaired) electrons. The van der Waals surface area contributed by atoms with Crippen LogP contribution in [0.5, 0.6) is 5.88 Å². The van der Waals surface area contributed by atoms with E-state index in [-0.39, 0.29) is 40.6 Å². The first-order valence-corrected chi connectivity index (χ1v) is 11.4. The van der Waals surface area contributed by atoms with Crippen molar-refractivity contribution in [3.8, 4) is 11.6 Å². The summed E-state index contributed by atoms with van der Waals surface area (Å²) in [6, 6.07) is 14.2. The standard InChI is InChI=1S/C23H17ClF3N5O3S/c24-15-1-3-16(4-2-15)29-21(34)30-19-11-14(9-10-28-19)12-31-13-20(33)32(22(31)35)17-5-7-18(8-6-17)36-23(25,26)27/h1-11,13,33H,12H2,(H2,28,29,30,34). The Kier molecular flexibility index (Phi) is 7.27. The van der Waals surface area contributed by atoms with Crippen molar-refractivity contribution in [2.45, 2.75) is 16.9 Å². The number of aromatic hydroxyl groups is 1. The highest BCUT2D eigenvalue weighted by Gasteiger charge is 2.29. The van der Waals surface area contributed by atoms with Crippen molar-refractivity contribution in [1.29, 1.82) is 0 Å². The number of benzene rings is 2. The molecule has 186 valence electrons. The SMILES string of the molecule is O=C(Nc1ccc(Cl)cc1)Nc1cc(Cn2cc(O)n(-c3ccc(SC(F)(F)F)cc3)c2=O)ccn1. The molecule has 4 aromatic rings. The summed E-state index contributed by atoms with van der Waals surface area (Å²) in [5.74, 6) is -0.153. The predicted molar refractivity (Wildman–Crippen MR) is 131 cm³/mol. The first-order valence-electron chi connectivity index (χ1n) is 10.2. The maximum Gasteiger partial charge on any atom is 0.446 e. The molecule has 0 saturated heterocycles. The number of carbonyl (C=O) groups excluding carboxylic acids is 1. The number of alkyl halides is 3. The van der Waals surface area contributed by atoms with Crippen molar-refractivity contribution < 1.29 is 23.1 Å². The minimum atomic E-state index is -4.43. The van der Waals surface area contributed by atoms with E-state index in [1.54, 1.807) is 36.4 Å². The molecule has 2 aromatic carbocycles. The second-order valence-corrected chi connectivity index (χ2v) is 8.99. The lowest BCUT2D eigenvalue weighted by molar-refractivity contribution is -0.0328. The van der Waals surface area contributed by atoms with Crippen LogP contribution in [-0.4, -0.2) is 30.8 Å². The van der Waals surface area contributed by atoms with Crippen molar-refractivity contribution in [1.82, 2.24) is 14.1 Å². The second kappa shape index (κ2) is 10.4. The quantitative estimate of drug-likeness (QED) is 0.275. The molecular weight excluding hydrogens is 519 g/mol. The molecule has 0 atom stereocenters. The van der Waals surface area contributed by atoms with Crippen molar-refractivity contribution in [3.63, 3.8) is 0 Å². The van der Waals surface area contributed by atoms with Crippen LogP contribution in [0.3, 0.4) is 0 Å². The summed E-state index contributed by atoms with van der Waals surface area (Å²) < 4.78 is 39.8. The van der Waals surface area contributed by atoms with Crippen molar-refractivity contribution in [2.75, 3.05) is 10.6 Å². The van der Waals surface area contributed by atoms with Crippen LogP contribution in [0.2, 0.25) is 5.02 Å². The first kappa shape index (κ1) is 25.2. The number of anilines is 2. The summed E-state index contributed by atoms with van der Waals surface area (Å²) >= 11 is 5.55. The first-order chi connectivity index (χ1) is 17.1. The number of carbonyl (C=O) groups is 1. The van der Waals surface area contributed by atoms with Gasteiger partial charge in [0.15, 0.2) is 0 Å². The zero-order valence-electron chi connectivity index (χ0n) is 18.2. The Morgan fingerprint density at radius 3 is 2.42 bits per heavy atom. The molecule has 0 unspecified atom stereocenters. The average molecular weight is 536 g/mol. The monoisotopic (exact) mass is 535 g/mol. The van der Waals surface area contributed by atoms with E-state index in [0.29, 0.717) is 16.3 Å². The zero-order valence-corrected chi connectivity index (χ0v) is 19.7. The zero-order chi connectivity index (χ0) is 25.9. The molecule has 0 aliphatic heterocycles. The molecule has 3 N–H and O–H groups in total. The Balaban J connectivity index is 1.47. The Morgan fingerprint density at radius 1 is 1.06 bits per heavy atom. The van der Waals surface area contributed by atoms with Crippen molar-refractivity contribution in [3.05, 3.63) is 94.1 Å². The number of nitrogens with zero attached hydrogens (tertiary/aromatic N) is 3. The maximum atomic E-state index is 12.9. The fourth-order valence-corrected chi connectivity index (χ4v) is 3.95. The van der Waals surface area contributed by atoms with E-state index in [4.69, 9.17) is 11.6 Å². The number of nitrogens with one attached hydrogen (secondary N) is 2. The van der Waals surface area contributed by atoms with Gasteiger partial charge in [-0.3, -0.25) is 9.88 Å². The molecule has 0 aliphatic carbocycles. The average Bonchev–Trinajstić information content (AvgIpc) is 3.08. The van der Waals surface area contributed by atoms with Gasteiger partial charge < -0.3 is 10.4 Å². The maximum absolute atomic E-state index is 12.9. The summed E-state index contributed by atoms with van der Waals surface area (Å²) in [6.07, 6.45) is 2.66. The van der Waals surface area contributed by atoms with Gasteiger partial charge >= 0.3 is 17.2 Å². The molecular formula is C23H17ClF3N5O3S. The van der Waals surface area contributed by atoms with Crippen molar-refractivity contribution >= 4 is 40.9 Å². The molecule has 36 heavy (non-hydrogen) atoms. The van der Waals surface area contributed by atoms with Gasteiger partial charge in [-0.25, -0.2) is 19.1 Å². The number of hydrogen-bond acceptors (Lipinski definition) is 5. The Hall–Kier alpha value is -3.90. The van der Waals surface area contributed by atoms with Gasteiger partial charge in [-0.15, -0.1) is 0 Å². The molecule has 0 saturated carbocycles. The van der Waals surface area contributed by atoms with Gasteiger partial charge in [0.25, 0.3) is 0 Å². The van der Waals surface area contributed by atoms with Crippen LogP contribution >= 0.6 is 23.4 Å². The number of urea groups is 1. The molecule has 2 aromatic heterocycles. The Bertz CT molecular complexity index is 1440. The lowest BCUT2D eigenvalue weighted by Crippen LogP contribution is -2.23. The molecule has 0 spiro atoms. The van der Waals surface area contributed by atoms with Gasteiger partial charge in [-0.1, -0.05) is 11.6 Å². The largest absolute Gasteiger partial charge is 0.493 e. The number of pyridine rings is 1. The topological polar surface area (TPSA) is 101 Å². The van der Waals surface area contributed by atoms with Gasteiger partial charge in [0.2, 0.25) is 5.88 Å². The van der Waals surface area contributed by atoms with E-state index in [0.717, 1.165) is 4.57 Å². The molecule has 2 amide bonds. The summed E-state index contributed by atoms with van der Waals surface area (Å²) in [5.41, 5.74) is -3.70. The molecule has 0 fully saturated rings. The minimum Gasteiger partial charge on any atom is -0.493 e. The van der Waals surface area contributed by atoms with Gasteiger partial charge in [-0.05, 0) is 78.0 Å². The van der Waals surface area contributed by atoms with E-state index >= 15 is 0 Å². The molecule has 4 rings (SSSR count). The molecule has 0 bridgehead atoms. The van der Waals surface area contributed by atoms with E-state index in [1.807, 2.05) is 0 Å². The molecule has 2 heterocycles. The normalized spacial score (nSPS) is 11.3. The van der Waals surface area contributed by atoms with Gasteiger partial charge in [0, 0.05) is 21.8 Å². The third-order valence-electron chi connectivity index (χ3n) is 4.79. The number of aromatic nitrogens is 3. The summed E-state index contributed by atoms with van der Waals surface area (Å²) in [6.45, 7) is 0.0391. The van der Waals surface area contributed by atoms with Crippen LogP contribution < -0.4 is 16.3 Å². The molecule has 8 nitrogen and oxygen atoms in total. The fraction of sp³-hybridized carbons (Fsp3) is 0.0870. The number of hydrogen-bond donors (Lipinski definition) is 3. The van der Waals surface area contributed by atoms with Gasteiger partial charge in [0.1, 0.15) is 5.82 Å². The number of amides is 2. The van der Waals surface area contributed by atoms with Crippen LogP contribution in [0.25, 0.3) is 5.69 Å². The summed E-state index contributed by atoms with van der Waals surface area (Å²) in [5, 5.41) is 16.1. The Labute approximate surface area is 211 Å². The second-order valence-electron chi connectivity index (χ2n) is 7.41. The van der Waals surface area contributed by atoms with E-state index < -0.39 is 17.2 Å². The van der Waals surface area contributed by atoms with Crippen LogP contribution in [0.1, 0.15) is 5.56 Å². The van der Waals surface area contributed by atoms with E-state index in [9.17, 15) is 27.9 Å². The van der Waals surface area contributed by atoms with Crippen LogP contribution in [0.15, 0.2) is 82.7 Å². The third kappa shape index (κ3) is 6.40.